The van der Waals surface area contributed by atoms with Gasteiger partial charge in [-0.1, -0.05) is 36.4 Å². The molecule has 1 aliphatic rings. The van der Waals surface area contributed by atoms with Crippen molar-refractivity contribution in [1.29, 1.82) is 0 Å². The average Bonchev–Trinajstić information content (AvgIpc) is 3.28. The highest BCUT2D eigenvalue weighted by Crippen LogP contribution is 2.35. The van der Waals surface area contributed by atoms with Crippen molar-refractivity contribution in [3.8, 4) is 0 Å². The number of benzene rings is 3. The molecule has 1 amide bonds. The maximum Gasteiger partial charge on any atom is 0.335 e. The third kappa shape index (κ3) is 6.10. The van der Waals surface area contributed by atoms with Gasteiger partial charge in [0.1, 0.15) is 0 Å². The highest BCUT2D eigenvalue weighted by Gasteiger charge is 2.22. The van der Waals surface area contributed by atoms with Gasteiger partial charge in [0.2, 0.25) is 6.41 Å². The Morgan fingerprint density at radius 3 is 2.47 bits per heavy atom. The van der Waals surface area contributed by atoms with Gasteiger partial charge in [0.15, 0.2) is 5.78 Å². The lowest BCUT2D eigenvalue weighted by Crippen LogP contribution is -2.33. The van der Waals surface area contributed by atoms with Gasteiger partial charge in [-0.2, -0.15) is 0 Å². The van der Waals surface area contributed by atoms with Crippen LogP contribution < -0.4 is 15.5 Å². The molecule has 0 fully saturated rings. The number of carboxylic acids is 1. The fourth-order valence-corrected chi connectivity index (χ4v) is 4.78. The summed E-state index contributed by atoms with van der Waals surface area (Å²) in [6.07, 6.45) is 1.40. The van der Waals surface area contributed by atoms with E-state index in [-0.39, 0.29) is 11.3 Å². The standard InChI is InChI=1S/C30H32N4O4/c1-20(26-11-9-23(30(37)38)16-27(26)31-19-35)29(21-7-5-4-6-8-21)32-24-10-12-28-22(15-24)13-14-34(28)18-25(36)17-33(2)3/h4-12,15-16,19,32H,13-14,17-18H2,1-3H3,(H,31,35)(H,37,38)/b29-20+. The van der Waals surface area contributed by atoms with Crippen LogP contribution in [0.4, 0.5) is 17.1 Å². The minimum atomic E-state index is -1.07. The Morgan fingerprint density at radius 1 is 1.03 bits per heavy atom. The predicted molar refractivity (Wildman–Crippen MR) is 152 cm³/mol. The quantitative estimate of drug-likeness (QED) is 0.258. The molecule has 3 N–H and O–H groups in total. The summed E-state index contributed by atoms with van der Waals surface area (Å²) in [4.78, 5) is 39.2. The Morgan fingerprint density at radius 2 is 1.79 bits per heavy atom. The van der Waals surface area contributed by atoms with Crippen LogP contribution in [0.25, 0.3) is 11.3 Å². The highest BCUT2D eigenvalue weighted by atomic mass is 16.4. The van der Waals surface area contributed by atoms with Crippen LogP contribution in [0.2, 0.25) is 0 Å². The van der Waals surface area contributed by atoms with Crippen LogP contribution in [0.3, 0.4) is 0 Å². The second-order valence-corrected chi connectivity index (χ2v) is 9.61. The van der Waals surface area contributed by atoms with Crippen molar-refractivity contribution < 1.29 is 19.5 Å². The van der Waals surface area contributed by atoms with Crippen LogP contribution in [0.1, 0.15) is 34.0 Å². The molecular formula is C30H32N4O4. The van der Waals surface area contributed by atoms with E-state index in [4.69, 9.17) is 0 Å². The third-order valence-corrected chi connectivity index (χ3v) is 6.52. The number of anilines is 3. The van der Waals surface area contributed by atoms with Gasteiger partial charge in [-0.15, -0.1) is 0 Å². The van der Waals surface area contributed by atoms with E-state index < -0.39 is 5.97 Å². The largest absolute Gasteiger partial charge is 0.478 e. The monoisotopic (exact) mass is 512 g/mol. The van der Waals surface area contributed by atoms with Crippen LogP contribution in [-0.4, -0.2) is 61.9 Å². The Kier molecular flexibility index (Phi) is 8.23. The molecule has 196 valence electrons. The number of carbonyl (C=O) groups is 3. The van der Waals surface area contributed by atoms with E-state index >= 15 is 0 Å². The van der Waals surface area contributed by atoms with E-state index in [1.54, 1.807) is 6.07 Å². The summed E-state index contributed by atoms with van der Waals surface area (Å²) in [6, 6.07) is 20.7. The maximum absolute atomic E-state index is 12.4. The topological polar surface area (TPSA) is 102 Å². The SMILES string of the molecule is C/C(=C(\Nc1ccc2c(c1)CCN2CC(=O)CN(C)C)c1ccccc1)c1ccc(C(=O)O)cc1NC=O. The van der Waals surface area contributed by atoms with Crippen molar-refractivity contribution in [2.45, 2.75) is 13.3 Å². The molecule has 0 atom stereocenters. The number of rotatable bonds is 11. The van der Waals surface area contributed by atoms with Gasteiger partial charge in [0.25, 0.3) is 0 Å². The first-order chi connectivity index (χ1) is 18.3. The molecule has 8 nitrogen and oxygen atoms in total. The van der Waals surface area contributed by atoms with Crippen LogP contribution in [0.15, 0.2) is 66.7 Å². The molecule has 0 bridgehead atoms. The first-order valence-electron chi connectivity index (χ1n) is 12.4. The van der Waals surface area contributed by atoms with Crippen molar-refractivity contribution >= 4 is 46.5 Å². The summed E-state index contributed by atoms with van der Waals surface area (Å²) in [5.74, 6) is -0.882. The number of ketones is 1. The smallest absolute Gasteiger partial charge is 0.335 e. The number of carboxylic acid groups (broad SMARTS) is 1. The molecule has 0 aliphatic carbocycles. The van der Waals surface area contributed by atoms with E-state index in [1.165, 1.54) is 17.7 Å². The lowest BCUT2D eigenvalue weighted by Gasteiger charge is -2.21. The Hall–Kier alpha value is -4.43. The van der Waals surface area contributed by atoms with Crippen LogP contribution in [-0.2, 0) is 16.0 Å². The number of fused-ring (bicyclic) bond motifs is 1. The summed E-state index contributed by atoms with van der Waals surface area (Å²) in [5.41, 5.74) is 6.98. The molecule has 0 unspecified atom stereocenters. The van der Waals surface area contributed by atoms with Gasteiger partial charge < -0.3 is 25.5 Å². The number of allylic oxidation sites excluding steroid dienone is 1. The number of hydrogen-bond donors (Lipinski definition) is 3. The maximum atomic E-state index is 12.4. The van der Waals surface area contributed by atoms with Gasteiger partial charge in [0, 0.05) is 34.9 Å². The molecule has 0 aromatic heterocycles. The van der Waals surface area contributed by atoms with Crippen molar-refractivity contribution in [3.05, 3.63) is 89.0 Å². The molecule has 38 heavy (non-hydrogen) atoms. The predicted octanol–water partition coefficient (Wildman–Crippen LogP) is 4.45. The van der Waals surface area contributed by atoms with Gasteiger partial charge in [-0.25, -0.2) is 4.79 Å². The summed E-state index contributed by atoms with van der Waals surface area (Å²) in [5, 5.41) is 15.6. The lowest BCUT2D eigenvalue weighted by molar-refractivity contribution is -0.118. The molecule has 1 heterocycles. The van der Waals surface area contributed by atoms with Crippen molar-refractivity contribution in [3.63, 3.8) is 0 Å². The van der Waals surface area contributed by atoms with Crippen molar-refractivity contribution in [2.75, 3.05) is 49.3 Å². The summed E-state index contributed by atoms with van der Waals surface area (Å²) in [7, 11) is 3.79. The fourth-order valence-electron chi connectivity index (χ4n) is 4.78. The Balaban J connectivity index is 1.69. The first kappa shape index (κ1) is 26.6. The number of likely N-dealkylation sites (N-methyl/N-ethyl adjacent to an activating group) is 1. The number of nitrogens with zero attached hydrogens (tertiary/aromatic N) is 2. The number of hydrogen-bond acceptors (Lipinski definition) is 6. The number of amides is 1. The molecule has 0 radical (unpaired) electrons. The molecular weight excluding hydrogens is 480 g/mol. The average molecular weight is 513 g/mol. The minimum absolute atomic E-state index is 0.0901. The second-order valence-electron chi connectivity index (χ2n) is 9.61. The number of carbonyl (C=O) groups excluding carboxylic acids is 2. The fraction of sp³-hybridized carbons (Fsp3) is 0.233. The van der Waals surface area contributed by atoms with Crippen LogP contribution in [0.5, 0.6) is 0 Å². The summed E-state index contributed by atoms with van der Waals surface area (Å²) < 4.78 is 0. The van der Waals surface area contributed by atoms with Crippen molar-refractivity contribution in [2.24, 2.45) is 0 Å². The lowest BCUT2D eigenvalue weighted by atomic mass is 9.97. The zero-order valence-electron chi connectivity index (χ0n) is 21.8. The van der Waals surface area contributed by atoms with E-state index in [0.29, 0.717) is 30.8 Å². The minimum Gasteiger partial charge on any atom is -0.478 e. The van der Waals surface area contributed by atoms with E-state index in [0.717, 1.165) is 41.2 Å². The van der Waals surface area contributed by atoms with Crippen LogP contribution >= 0.6 is 0 Å². The second kappa shape index (κ2) is 11.7. The summed E-state index contributed by atoms with van der Waals surface area (Å²) in [6.45, 7) is 3.55. The Labute approximate surface area is 222 Å². The zero-order valence-corrected chi connectivity index (χ0v) is 21.8. The molecule has 4 rings (SSSR count). The normalized spacial score (nSPS) is 13.1. The molecule has 0 saturated heterocycles. The number of aromatic carboxylic acids is 1. The Bertz CT molecular complexity index is 1380. The molecule has 0 saturated carbocycles. The molecule has 3 aromatic rings. The van der Waals surface area contributed by atoms with Gasteiger partial charge in [-0.3, -0.25) is 9.59 Å². The molecule has 8 heteroatoms. The van der Waals surface area contributed by atoms with Gasteiger partial charge in [-0.05, 0) is 74.5 Å². The van der Waals surface area contributed by atoms with E-state index in [1.807, 2.05) is 68.4 Å². The third-order valence-electron chi connectivity index (χ3n) is 6.52. The zero-order chi connectivity index (χ0) is 27.2. The first-order valence-corrected chi connectivity index (χ1v) is 12.4. The number of nitrogens with one attached hydrogen (secondary N) is 2. The molecule has 0 spiro atoms. The van der Waals surface area contributed by atoms with Gasteiger partial charge in [0.05, 0.1) is 18.7 Å². The van der Waals surface area contributed by atoms with E-state index in [2.05, 4.69) is 21.6 Å². The van der Waals surface area contributed by atoms with E-state index in [9.17, 15) is 19.5 Å². The highest BCUT2D eigenvalue weighted by molar-refractivity contribution is 6.00. The van der Waals surface area contributed by atoms with Crippen molar-refractivity contribution in [1.82, 2.24) is 4.90 Å². The summed E-state index contributed by atoms with van der Waals surface area (Å²) >= 11 is 0. The molecule has 1 aliphatic heterocycles. The van der Waals surface area contributed by atoms with Crippen LogP contribution in [0, 0.1) is 0 Å². The molecule has 3 aromatic carbocycles. The number of Topliss-reactive ketones (excluding diaryl/α,β-unsaturated/α-hetero) is 1. The van der Waals surface area contributed by atoms with Gasteiger partial charge >= 0.3 is 5.97 Å².